The van der Waals surface area contributed by atoms with E-state index in [0.717, 1.165) is 28.9 Å². The van der Waals surface area contributed by atoms with E-state index in [9.17, 15) is 5.26 Å². The monoisotopic (exact) mass is 306 g/mol. The number of aromatic nitrogens is 1. The number of anilines is 1. The van der Waals surface area contributed by atoms with Gasteiger partial charge >= 0.3 is 0 Å². The fourth-order valence-corrected chi connectivity index (χ4v) is 2.96. The molecule has 0 bridgehead atoms. The average molecular weight is 306 g/mol. The number of rotatable bonds is 3. The first-order chi connectivity index (χ1) is 11.1. The van der Waals surface area contributed by atoms with Gasteiger partial charge in [-0.25, -0.2) is 0 Å². The van der Waals surface area contributed by atoms with Gasteiger partial charge in [0.25, 0.3) is 0 Å². The summed E-state index contributed by atoms with van der Waals surface area (Å²) in [7, 11) is 0. The van der Waals surface area contributed by atoms with E-state index >= 15 is 0 Å². The van der Waals surface area contributed by atoms with Gasteiger partial charge in [-0.3, -0.25) is 10.4 Å². The first-order valence-corrected chi connectivity index (χ1v) is 7.59. The quantitative estimate of drug-likeness (QED) is 0.909. The van der Waals surface area contributed by atoms with E-state index in [1.807, 2.05) is 38.1 Å². The van der Waals surface area contributed by atoms with E-state index < -0.39 is 5.92 Å². The number of hydrogen-bond acceptors (Lipinski definition) is 5. The summed E-state index contributed by atoms with van der Waals surface area (Å²) >= 11 is 0. The van der Waals surface area contributed by atoms with Crippen molar-refractivity contribution in [1.82, 2.24) is 4.98 Å². The number of aryl methyl sites for hydroxylation is 1. The molecular formula is C18H18N4O. The Morgan fingerprint density at radius 2 is 2.17 bits per heavy atom. The highest BCUT2D eigenvalue weighted by atomic mass is 16.5. The van der Waals surface area contributed by atoms with Crippen LogP contribution in [0.5, 0.6) is 5.75 Å². The lowest BCUT2D eigenvalue weighted by atomic mass is 9.79. The van der Waals surface area contributed by atoms with Crippen LogP contribution >= 0.6 is 0 Å². The van der Waals surface area contributed by atoms with Crippen LogP contribution in [-0.4, -0.2) is 17.4 Å². The minimum Gasteiger partial charge on any atom is -0.442 e. The summed E-state index contributed by atoms with van der Waals surface area (Å²) in [5.74, 6) is -0.262. The van der Waals surface area contributed by atoms with Crippen LogP contribution in [0.1, 0.15) is 29.5 Å². The number of hydrogen-bond donors (Lipinski definition) is 2. The van der Waals surface area contributed by atoms with Crippen molar-refractivity contribution in [2.45, 2.75) is 19.8 Å². The fraction of sp³-hybridized carbons (Fsp3) is 0.278. The molecular weight excluding hydrogens is 288 g/mol. The molecule has 0 fully saturated rings. The van der Waals surface area contributed by atoms with Crippen molar-refractivity contribution >= 4 is 11.6 Å². The molecule has 0 radical (unpaired) electrons. The van der Waals surface area contributed by atoms with Crippen molar-refractivity contribution in [3.63, 3.8) is 0 Å². The van der Waals surface area contributed by atoms with Crippen LogP contribution < -0.4 is 10.1 Å². The summed E-state index contributed by atoms with van der Waals surface area (Å²) < 4.78 is 5.60. The highest BCUT2D eigenvalue weighted by Crippen LogP contribution is 2.42. The second kappa shape index (κ2) is 6.09. The Morgan fingerprint density at radius 1 is 1.35 bits per heavy atom. The standard InChI is InChI=1S/C18H18N4O/c1-3-22-13-4-5-14-16(7-13)23-18(20)15(8-19)17(14)12-6-11(2)9-21-10-12/h4-7,9-10,15,17,20,22H,3H2,1-2H3. The molecule has 3 rings (SSSR count). The Hall–Kier alpha value is -2.87. The molecule has 1 aromatic heterocycles. The third kappa shape index (κ3) is 2.76. The number of nitrogens with one attached hydrogen (secondary N) is 2. The zero-order valence-electron chi connectivity index (χ0n) is 13.1. The average Bonchev–Trinajstić information content (AvgIpc) is 2.53. The summed E-state index contributed by atoms with van der Waals surface area (Å²) in [5.41, 5.74) is 3.82. The van der Waals surface area contributed by atoms with E-state index in [-0.39, 0.29) is 11.8 Å². The molecule has 2 N–H and O–H groups in total. The van der Waals surface area contributed by atoms with Gasteiger partial charge in [0.15, 0.2) is 0 Å². The minimum absolute atomic E-state index is 0.0137. The lowest BCUT2D eigenvalue weighted by Crippen LogP contribution is -2.31. The Balaban J connectivity index is 2.13. The SMILES string of the molecule is CCNc1ccc2c(c1)OC(=N)C(C#N)C2c1cncc(C)c1. The molecule has 23 heavy (non-hydrogen) atoms. The fourth-order valence-electron chi connectivity index (χ4n) is 2.96. The molecule has 0 aliphatic carbocycles. The number of pyridine rings is 1. The minimum atomic E-state index is -0.643. The molecule has 0 amide bonds. The summed E-state index contributed by atoms with van der Waals surface area (Å²) in [6.45, 7) is 4.80. The molecule has 2 unspecified atom stereocenters. The number of benzene rings is 1. The summed E-state index contributed by atoms with van der Waals surface area (Å²) in [6.07, 6.45) is 3.55. The second-order valence-corrected chi connectivity index (χ2v) is 5.63. The Bertz CT molecular complexity index is 794. The molecule has 0 saturated heterocycles. The predicted molar refractivity (Wildman–Crippen MR) is 88.9 cm³/mol. The van der Waals surface area contributed by atoms with E-state index in [0.29, 0.717) is 5.75 Å². The third-order valence-electron chi connectivity index (χ3n) is 3.96. The van der Waals surface area contributed by atoms with E-state index in [4.69, 9.17) is 10.1 Å². The van der Waals surface area contributed by atoms with Crippen LogP contribution in [0.15, 0.2) is 36.7 Å². The van der Waals surface area contributed by atoms with Crippen molar-refractivity contribution in [3.8, 4) is 11.8 Å². The summed E-state index contributed by atoms with van der Waals surface area (Å²) in [4.78, 5) is 4.24. The maximum absolute atomic E-state index is 9.52. The maximum atomic E-state index is 9.52. The van der Waals surface area contributed by atoms with Gasteiger partial charge in [-0.05, 0) is 31.0 Å². The topological polar surface area (TPSA) is 81.8 Å². The van der Waals surface area contributed by atoms with Crippen molar-refractivity contribution in [3.05, 3.63) is 53.3 Å². The van der Waals surface area contributed by atoms with Crippen molar-refractivity contribution in [2.75, 3.05) is 11.9 Å². The van der Waals surface area contributed by atoms with Gasteiger partial charge in [0.05, 0.1) is 6.07 Å². The lowest BCUT2D eigenvalue weighted by Gasteiger charge is -2.30. The van der Waals surface area contributed by atoms with Crippen molar-refractivity contribution in [1.29, 1.82) is 10.7 Å². The van der Waals surface area contributed by atoms with Crippen LogP contribution in [0.25, 0.3) is 0 Å². The number of fused-ring (bicyclic) bond motifs is 1. The van der Waals surface area contributed by atoms with Crippen LogP contribution in [-0.2, 0) is 0 Å². The van der Waals surface area contributed by atoms with Crippen molar-refractivity contribution in [2.24, 2.45) is 5.92 Å². The van der Waals surface area contributed by atoms with Crippen LogP contribution in [0, 0.1) is 29.6 Å². The molecule has 1 aromatic carbocycles. The van der Waals surface area contributed by atoms with Gasteiger partial charge in [0.2, 0.25) is 5.90 Å². The normalized spacial score (nSPS) is 19.4. The van der Waals surface area contributed by atoms with Crippen LogP contribution in [0.3, 0.4) is 0 Å². The van der Waals surface area contributed by atoms with Gasteiger partial charge in [-0.2, -0.15) is 5.26 Å². The first-order valence-electron chi connectivity index (χ1n) is 7.59. The molecule has 2 aromatic rings. The molecule has 116 valence electrons. The molecule has 1 aliphatic rings. The predicted octanol–water partition coefficient (Wildman–Crippen LogP) is 3.46. The lowest BCUT2D eigenvalue weighted by molar-refractivity contribution is 0.450. The molecule has 5 nitrogen and oxygen atoms in total. The number of ether oxygens (including phenoxy) is 1. The highest BCUT2D eigenvalue weighted by Gasteiger charge is 2.37. The Morgan fingerprint density at radius 3 is 2.87 bits per heavy atom. The number of nitriles is 1. The van der Waals surface area contributed by atoms with Gasteiger partial charge in [-0.15, -0.1) is 0 Å². The van der Waals surface area contributed by atoms with E-state index in [1.165, 1.54) is 0 Å². The first kappa shape index (κ1) is 15.0. The maximum Gasteiger partial charge on any atom is 0.205 e. The largest absolute Gasteiger partial charge is 0.442 e. The van der Waals surface area contributed by atoms with Gasteiger partial charge in [-0.1, -0.05) is 12.1 Å². The van der Waals surface area contributed by atoms with E-state index in [2.05, 4.69) is 16.4 Å². The van der Waals surface area contributed by atoms with Gasteiger partial charge in [0.1, 0.15) is 11.7 Å². The molecule has 0 saturated carbocycles. The Kier molecular flexibility index (Phi) is 3.98. The highest BCUT2D eigenvalue weighted by molar-refractivity contribution is 5.85. The zero-order chi connectivity index (χ0) is 16.4. The molecule has 2 atom stereocenters. The molecule has 0 spiro atoms. The van der Waals surface area contributed by atoms with Crippen molar-refractivity contribution < 1.29 is 4.74 Å². The molecule has 2 heterocycles. The Labute approximate surface area is 135 Å². The van der Waals surface area contributed by atoms with Gasteiger partial charge in [0, 0.05) is 42.2 Å². The summed E-state index contributed by atoms with van der Waals surface area (Å²) in [6, 6.07) is 10.1. The zero-order valence-corrected chi connectivity index (χ0v) is 13.1. The van der Waals surface area contributed by atoms with Crippen LogP contribution in [0.2, 0.25) is 0 Å². The van der Waals surface area contributed by atoms with E-state index in [1.54, 1.807) is 12.4 Å². The third-order valence-corrected chi connectivity index (χ3v) is 3.96. The van der Waals surface area contributed by atoms with Gasteiger partial charge < -0.3 is 10.1 Å². The molecule has 5 heteroatoms. The number of nitrogens with zero attached hydrogens (tertiary/aromatic N) is 2. The summed E-state index contributed by atoms with van der Waals surface area (Å²) in [5, 5.41) is 20.9. The molecule has 1 aliphatic heterocycles. The second-order valence-electron chi connectivity index (χ2n) is 5.63. The van der Waals surface area contributed by atoms with Crippen LogP contribution in [0.4, 0.5) is 5.69 Å². The smallest absolute Gasteiger partial charge is 0.205 e.